The first-order chi connectivity index (χ1) is 33.8. The van der Waals surface area contributed by atoms with Crippen LogP contribution in [0.15, 0.2) is 116 Å². The predicted molar refractivity (Wildman–Crippen MR) is 269 cm³/mol. The van der Waals surface area contributed by atoms with Gasteiger partial charge in [0.05, 0.1) is 51.9 Å². The molecule has 14 nitrogen and oxygen atoms in total. The second-order valence-corrected chi connectivity index (χ2v) is 20.4. The third kappa shape index (κ3) is 8.03. The van der Waals surface area contributed by atoms with E-state index in [0.717, 1.165) is 117 Å². The molecule has 0 radical (unpaired) electrons. The van der Waals surface area contributed by atoms with E-state index in [-0.39, 0.29) is 24.0 Å². The van der Waals surface area contributed by atoms with Crippen LogP contribution in [0, 0.1) is 29.2 Å². The monoisotopic (exact) mass is 929 g/mol. The van der Waals surface area contributed by atoms with Crippen LogP contribution in [-0.2, 0) is 12.8 Å². The van der Waals surface area contributed by atoms with Gasteiger partial charge in [-0.25, -0.2) is 19.3 Å². The molecule has 0 bridgehead atoms. The average molecular weight is 930 g/mol. The summed E-state index contributed by atoms with van der Waals surface area (Å²) < 4.78 is 17.2. The van der Waals surface area contributed by atoms with Crippen molar-refractivity contribution in [3.63, 3.8) is 0 Å². The first-order valence-electron chi connectivity index (χ1n) is 24.1. The molecule has 0 spiro atoms. The van der Waals surface area contributed by atoms with Crippen molar-refractivity contribution in [3.8, 4) is 35.0 Å². The molecule has 0 saturated carbocycles. The van der Waals surface area contributed by atoms with Crippen molar-refractivity contribution >= 4 is 39.1 Å². The van der Waals surface area contributed by atoms with Crippen LogP contribution >= 0.6 is 0 Å². The number of hydrogen-bond donors (Lipinski definition) is 2. The molecule has 8 aromatic rings. The molecular weight excluding hydrogens is 877 g/mol. The molecule has 0 amide bonds. The summed E-state index contributed by atoms with van der Waals surface area (Å²) in [4.78, 5) is 18.8. The molecule has 2 N–H and O–H groups in total. The lowest BCUT2D eigenvalue weighted by molar-refractivity contribution is 0.00396. The first-order valence-corrected chi connectivity index (χ1v) is 24.1. The summed E-state index contributed by atoms with van der Waals surface area (Å²) in [5, 5.41) is 42.2. The summed E-state index contributed by atoms with van der Waals surface area (Å²) >= 11 is 0. The third-order valence-corrected chi connectivity index (χ3v) is 14.9. The quantitative estimate of drug-likeness (QED) is 0.135. The predicted octanol–water partition coefficient (Wildman–Crippen LogP) is 9.59. The van der Waals surface area contributed by atoms with E-state index in [4.69, 9.17) is 29.5 Å². The van der Waals surface area contributed by atoms with E-state index < -0.39 is 11.2 Å². The standard InChI is InChI=1S/C56H53N10O4/c1-55(2,67)40-30-63(31-40)53-21-42(17-18-58-53)65-48-22-43(11-7-38(48)27-61-65)69-52-16-10-37-20-35(6-14-46(37)52)26-59-47-29-60-54(64-32-41(33-64)56(3,4)68)24-50(47)66-49-23-44(12-8-39(49)28-62-66)70-51-15-9-36-19-34(25-57)5-13-45(36)51/h5-8,11-14,17-24,27-29,40-41,51-52,67-68H,9-10,15-16,30-33H2,1-4H3/q+1/t51-,52+/m1/s1. The number of rotatable bonds is 10. The smallest absolute Gasteiger partial charge is 0.384 e. The summed E-state index contributed by atoms with van der Waals surface area (Å²) in [6, 6.07) is 36.0. The van der Waals surface area contributed by atoms with Gasteiger partial charge < -0.3 is 29.5 Å². The van der Waals surface area contributed by atoms with Gasteiger partial charge in [0.15, 0.2) is 5.69 Å². The number of benzene rings is 4. The Labute approximate surface area is 405 Å². The normalized spacial score (nSPS) is 18.0. The lowest BCUT2D eigenvalue weighted by atomic mass is 9.84. The van der Waals surface area contributed by atoms with E-state index in [9.17, 15) is 15.5 Å². The summed E-state index contributed by atoms with van der Waals surface area (Å²) in [7, 11) is 0. The molecule has 4 aromatic carbocycles. The Balaban J connectivity index is 0.798. The van der Waals surface area contributed by atoms with Crippen LogP contribution < -0.4 is 19.3 Å². The molecule has 350 valence electrons. The molecule has 14 heteroatoms. The van der Waals surface area contributed by atoms with Crippen LogP contribution in [0.3, 0.4) is 0 Å². The number of hydrogen-bond acceptors (Lipinski definition) is 11. The van der Waals surface area contributed by atoms with Gasteiger partial charge in [-0.2, -0.15) is 15.5 Å². The largest absolute Gasteiger partial charge is 0.486 e. The first kappa shape index (κ1) is 43.5. The Morgan fingerprint density at radius 1 is 0.629 bits per heavy atom. The average Bonchev–Trinajstić information content (AvgIpc) is 4.12. The van der Waals surface area contributed by atoms with E-state index in [1.165, 1.54) is 5.56 Å². The Bertz CT molecular complexity index is 3460. The number of nitrogens with zero attached hydrogens (tertiary/aromatic N) is 10. The Morgan fingerprint density at radius 2 is 1.19 bits per heavy atom. The minimum atomic E-state index is -0.781. The highest BCUT2D eigenvalue weighted by molar-refractivity contribution is 5.84. The van der Waals surface area contributed by atoms with E-state index in [0.29, 0.717) is 24.3 Å². The number of nitriles is 1. The molecule has 2 aliphatic carbocycles. The van der Waals surface area contributed by atoms with E-state index in [2.05, 4.69) is 57.3 Å². The topological polar surface area (TPSA) is 155 Å². The zero-order valence-electron chi connectivity index (χ0n) is 39.6. The highest BCUT2D eigenvalue weighted by atomic mass is 16.5. The maximum atomic E-state index is 10.7. The van der Waals surface area contributed by atoms with E-state index >= 15 is 0 Å². The van der Waals surface area contributed by atoms with Crippen molar-refractivity contribution in [2.45, 2.75) is 76.8 Å². The van der Waals surface area contributed by atoms with Crippen LogP contribution in [0.5, 0.6) is 11.5 Å². The van der Waals surface area contributed by atoms with Gasteiger partial charge >= 0.3 is 11.8 Å². The van der Waals surface area contributed by atoms with Gasteiger partial charge in [0.2, 0.25) is 0 Å². The minimum absolute atomic E-state index is 0.109. The number of anilines is 2. The fourth-order valence-electron chi connectivity index (χ4n) is 10.3. The highest BCUT2D eigenvalue weighted by Crippen LogP contribution is 2.40. The second-order valence-electron chi connectivity index (χ2n) is 20.4. The summed E-state index contributed by atoms with van der Waals surface area (Å²) in [5.74, 6) is 3.50. The van der Waals surface area contributed by atoms with Crippen LogP contribution in [0.4, 0.5) is 17.3 Å². The third-order valence-electron chi connectivity index (χ3n) is 14.9. The van der Waals surface area contributed by atoms with Crippen molar-refractivity contribution in [2.24, 2.45) is 11.8 Å². The molecular formula is C56H53N10O4+. The van der Waals surface area contributed by atoms with Crippen LogP contribution in [-0.4, -0.2) is 77.1 Å². The van der Waals surface area contributed by atoms with Crippen LogP contribution in [0.1, 0.15) is 86.1 Å². The van der Waals surface area contributed by atoms with Crippen molar-refractivity contribution < 1.29 is 19.7 Å². The van der Waals surface area contributed by atoms with Gasteiger partial charge in [0.25, 0.3) is 0 Å². The maximum Gasteiger partial charge on any atom is 0.384 e. The van der Waals surface area contributed by atoms with Crippen molar-refractivity contribution in [3.05, 3.63) is 154 Å². The molecule has 2 atom stereocenters. The summed E-state index contributed by atoms with van der Waals surface area (Å²) in [6.45, 7) is 10.4. The number of fused-ring (bicyclic) bond motifs is 4. The van der Waals surface area contributed by atoms with E-state index in [1.807, 2.05) is 116 Å². The minimum Gasteiger partial charge on any atom is -0.486 e. The molecule has 2 saturated heterocycles. The van der Waals surface area contributed by atoms with Gasteiger partial charge in [-0.15, -0.1) is 0 Å². The second kappa shape index (κ2) is 16.7. The Kier molecular flexibility index (Phi) is 10.4. The number of aryl methyl sites for hydroxylation is 2. The van der Waals surface area contributed by atoms with Crippen LogP contribution in [0.25, 0.3) is 38.0 Å². The van der Waals surface area contributed by atoms with Crippen molar-refractivity contribution in [1.82, 2.24) is 29.5 Å². The van der Waals surface area contributed by atoms with Gasteiger partial charge in [0.1, 0.15) is 47.1 Å². The summed E-state index contributed by atoms with van der Waals surface area (Å²) in [5.41, 5.74) is 8.73. The molecule has 0 unspecified atom stereocenters. The van der Waals surface area contributed by atoms with Gasteiger partial charge in [-0.3, -0.25) is 0 Å². The van der Waals surface area contributed by atoms with Crippen molar-refractivity contribution in [1.29, 1.82) is 5.26 Å². The lowest BCUT2D eigenvalue weighted by Crippen LogP contribution is -2.56. The number of pyridine rings is 2. The van der Waals surface area contributed by atoms with Gasteiger partial charge in [0, 0.05) is 79.2 Å². The van der Waals surface area contributed by atoms with Crippen molar-refractivity contribution in [2.75, 3.05) is 36.0 Å². The number of aromatic nitrogens is 6. The molecule has 12 rings (SSSR count). The molecule has 4 aliphatic rings. The maximum absolute atomic E-state index is 10.7. The zero-order chi connectivity index (χ0) is 47.9. The fourth-order valence-corrected chi connectivity index (χ4v) is 10.3. The molecule has 2 fully saturated rings. The van der Waals surface area contributed by atoms with Crippen LogP contribution in [0.2, 0.25) is 0 Å². The highest BCUT2D eigenvalue weighted by Gasteiger charge is 2.40. The van der Waals surface area contributed by atoms with Gasteiger partial charge in [-0.05, 0) is 135 Å². The summed E-state index contributed by atoms with van der Waals surface area (Å²) in [6.07, 6.45) is 10.5. The Hall–Kier alpha value is -7.78. The molecule has 6 heterocycles. The molecule has 4 aromatic heterocycles. The SMILES string of the molecule is CC(C)(O)C1CN(c2cc(-n3ncc4ccc(O[C@H]5CCc6cc(C#[N+]c7cnc(N8CC(C(C)(C)O)C8)cc7-n7ncc8ccc(O[C@@H]9CCc%10cc(C#N)ccc%109)cc87)ccc65)cc43)ccn2)C1. The molecule has 2 aliphatic heterocycles. The van der Waals surface area contributed by atoms with E-state index in [1.54, 1.807) is 6.20 Å². The number of aliphatic hydroxyl groups is 2. The molecule has 70 heavy (non-hydrogen) atoms. The zero-order valence-corrected chi connectivity index (χ0v) is 39.6. The Morgan fingerprint density at radius 3 is 1.79 bits per heavy atom. The fraction of sp³-hybridized carbons (Fsp3) is 0.321. The number of ether oxygens (including phenoxy) is 2. The lowest BCUT2D eigenvalue weighted by Gasteiger charge is -2.45. The van der Waals surface area contributed by atoms with Gasteiger partial charge in [-0.1, -0.05) is 12.1 Å².